The summed E-state index contributed by atoms with van der Waals surface area (Å²) in [6, 6.07) is 1.96. The molecule has 0 radical (unpaired) electrons. The van der Waals surface area contributed by atoms with Gasteiger partial charge in [-0.1, -0.05) is 6.07 Å². The van der Waals surface area contributed by atoms with E-state index >= 15 is 0 Å². The van der Waals surface area contributed by atoms with Gasteiger partial charge in [0.1, 0.15) is 0 Å². The molecular weight excluding hydrogens is 244 g/mol. The van der Waals surface area contributed by atoms with Crippen LogP contribution in [0.3, 0.4) is 0 Å². The van der Waals surface area contributed by atoms with E-state index in [1.807, 2.05) is 17.5 Å². The number of carboxylic acids is 1. The van der Waals surface area contributed by atoms with Crippen LogP contribution in [0.1, 0.15) is 4.88 Å². The maximum Gasteiger partial charge on any atom is 0.328 e. The van der Waals surface area contributed by atoms with Crippen LogP contribution in [0.25, 0.3) is 0 Å². The van der Waals surface area contributed by atoms with Crippen LogP contribution in [-0.2, 0) is 11.3 Å². The Kier molecular flexibility index (Phi) is 4.92. The Morgan fingerprint density at radius 2 is 2.29 bits per heavy atom. The van der Waals surface area contributed by atoms with Gasteiger partial charge in [-0.15, -0.1) is 11.3 Å². The van der Waals surface area contributed by atoms with Gasteiger partial charge in [0.15, 0.2) is 6.04 Å². The fourth-order valence-electron chi connectivity index (χ4n) is 1.15. The third-order valence-electron chi connectivity index (χ3n) is 2.10. The second-order valence-corrected chi connectivity index (χ2v) is 4.49. The van der Waals surface area contributed by atoms with Gasteiger partial charge in [-0.2, -0.15) is 0 Å². The Morgan fingerprint density at radius 3 is 2.76 bits per heavy atom. The largest absolute Gasteiger partial charge is 0.480 e. The topological polar surface area (TPSA) is 89.9 Å². The standard InChI is InChI=1S/C10H14N2O4S/c1-12(5-7-3-2-4-17-7)10(16)11-8(6-13)9(14)15/h2-4,8,13H,5-6H2,1H3,(H,11,16)(H,14,15)/t8-/m1/s1. The molecule has 0 aliphatic heterocycles. The molecule has 1 heterocycles. The van der Waals surface area contributed by atoms with Crippen molar-refractivity contribution >= 4 is 23.3 Å². The van der Waals surface area contributed by atoms with Crippen LogP contribution in [0.2, 0.25) is 0 Å². The molecule has 17 heavy (non-hydrogen) atoms. The Hall–Kier alpha value is -1.60. The summed E-state index contributed by atoms with van der Waals surface area (Å²) in [4.78, 5) is 24.6. The predicted molar refractivity (Wildman–Crippen MR) is 62.8 cm³/mol. The first-order valence-electron chi connectivity index (χ1n) is 4.92. The quantitative estimate of drug-likeness (QED) is 0.710. The third kappa shape index (κ3) is 4.04. The predicted octanol–water partition coefficient (Wildman–Crippen LogP) is 0.335. The van der Waals surface area contributed by atoms with Crippen molar-refractivity contribution in [1.29, 1.82) is 0 Å². The van der Waals surface area contributed by atoms with E-state index < -0.39 is 24.6 Å². The van der Waals surface area contributed by atoms with Gasteiger partial charge in [-0.25, -0.2) is 9.59 Å². The van der Waals surface area contributed by atoms with Crippen LogP contribution in [0.4, 0.5) is 4.79 Å². The van der Waals surface area contributed by atoms with Crippen LogP contribution in [0.5, 0.6) is 0 Å². The molecule has 7 heteroatoms. The maximum absolute atomic E-state index is 11.6. The number of amides is 2. The summed E-state index contributed by atoms with van der Waals surface area (Å²) < 4.78 is 0. The summed E-state index contributed by atoms with van der Waals surface area (Å²) in [5, 5.41) is 21.6. The van der Waals surface area contributed by atoms with Crippen molar-refractivity contribution in [3.8, 4) is 0 Å². The van der Waals surface area contributed by atoms with E-state index in [1.165, 1.54) is 16.2 Å². The number of hydrogen-bond donors (Lipinski definition) is 3. The highest BCUT2D eigenvalue weighted by atomic mass is 32.1. The highest BCUT2D eigenvalue weighted by molar-refractivity contribution is 7.09. The molecule has 0 saturated carbocycles. The minimum Gasteiger partial charge on any atom is -0.480 e. The summed E-state index contributed by atoms with van der Waals surface area (Å²) >= 11 is 1.51. The Labute approximate surface area is 102 Å². The molecular formula is C10H14N2O4S. The molecule has 0 saturated heterocycles. The average Bonchev–Trinajstić information content (AvgIpc) is 2.77. The van der Waals surface area contributed by atoms with Gasteiger partial charge in [0.05, 0.1) is 13.2 Å². The lowest BCUT2D eigenvalue weighted by atomic mass is 10.3. The molecule has 94 valence electrons. The molecule has 0 aliphatic rings. The number of rotatable bonds is 5. The zero-order valence-electron chi connectivity index (χ0n) is 9.29. The smallest absolute Gasteiger partial charge is 0.328 e. The first-order chi connectivity index (χ1) is 8.04. The van der Waals surface area contributed by atoms with Crippen LogP contribution < -0.4 is 5.32 Å². The monoisotopic (exact) mass is 258 g/mol. The maximum atomic E-state index is 11.6. The number of aliphatic carboxylic acids is 1. The van der Waals surface area contributed by atoms with Crippen molar-refractivity contribution < 1.29 is 19.8 Å². The number of carbonyl (C=O) groups excluding carboxylic acids is 1. The van der Waals surface area contributed by atoms with E-state index in [-0.39, 0.29) is 0 Å². The summed E-state index contributed by atoms with van der Waals surface area (Å²) in [5.41, 5.74) is 0. The van der Waals surface area contributed by atoms with Crippen LogP contribution in [0, 0.1) is 0 Å². The summed E-state index contributed by atoms with van der Waals surface area (Å²) in [6.45, 7) is -0.227. The molecule has 3 N–H and O–H groups in total. The van der Waals surface area contributed by atoms with Crippen LogP contribution in [0.15, 0.2) is 17.5 Å². The van der Waals surface area contributed by atoms with Gasteiger partial charge >= 0.3 is 12.0 Å². The lowest BCUT2D eigenvalue weighted by molar-refractivity contribution is -0.140. The van der Waals surface area contributed by atoms with E-state index in [2.05, 4.69) is 5.32 Å². The molecule has 2 amide bonds. The van der Waals surface area contributed by atoms with E-state index in [9.17, 15) is 9.59 Å². The SMILES string of the molecule is CN(Cc1cccs1)C(=O)N[C@H](CO)C(=O)O. The fraction of sp³-hybridized carbons (Fsp3) is 0.400. The molecule has 0 aliphatic carbocycles. The molecule has 0 aromatic carbocycles. The number of carboxylic acid groups (broad SMARTS) is 1. The molecule has 0 fully saturated rings. The zero-order chi connectivity index (χ0) is 12.8. The number of carbonyl (C=O) groups is 2. The summed E-state index contributed by atoms with van der Waals surface area (Å²) in [6.07, 6.45) is 0. The van der Waals surface area contributed by atoms with Crippen molar-refractivity contribution in [3.63, 3.8) is 0 Å². The lowest BCUT2D eigenvalue weighted by Crippen LogP contribution is -2.48. The number of aliphatic hydroxyl groups excluding tert-OH is 1. The molecule has 0 spiro atoms. The highest BCUT2D eigenvalue weighted by Gasteiger charge is 2.20. The molecule has 1 aromatic heterocycles. The van der Waals surface area contributed by atoms with Gasteiger partial charge < -0.3 is 20.4 Å². The van der Waals surface area contributed by atoms with Crippen molar-refractivity contribution in [2.24, 2.45) is 0 Å². The van der Waals surface area contributed by atoms with Gasteiger partial charge in [-0.3, -0.25) is 0 Å². The number of nitrogens with zero attached hydrogens (tertiary/aromatic N) is 1. The molecule has 1 rings (SSSR count). The third-order valence-corrected chi connectivity index (χ3v) is 2.96. The van der Waals surface area contributed by atoms with Crippen LogP contribution in [-0.4, -0.2) is 46.8 Å². The van der Waals surface area contributed by atoms with Gasteiger partial charge in [0.2, 0.25) is 0 Å². The molecule has 1 aromatic rings. The van der Waals surface area contributed by atoms with Gasteiger partial charge in [0, 0.05) is 11.9 Å². The summed E-state index contributed by atoms with van der Waals surface area (Å²) in [7, 11) is 1.56. The Morgan fingerprint density at radius 1 is 1.59 bits per heavy atom. The Bertz CT molecular complexity index is 380. The van der Waals surface area contributed by atoms with E-state index in [0.29, 0.717) is 6.54 Å². The lowest BCUT2D eigenvalue weighted by Gasteiger charge is -2.19. The van der Waals surface area contributed by atoms with Gasteiger partial charge in [0.25, 0.3) is 0 Å². The van der Waals surface area contributed by atoms with Crippen LogP contribution >= 0.6 is 11.3 Å². The van der Waals surface area contributed by atoms with Gasteiger partial charge in [-0.05, 0) is 11.4 Å². The van der Waals surface area contributed by atoms with Crippen molar-refractivity contribution in [2.45, 2.75) is 12.6 Å². The first kappa shape index (κ1) is 13.5. The zero-order valence-corrected chi connectivity index (χ0v) is 10.1. The van der Waals surface area contributed by atoms with Crippen molar-refractivity contribution in [3.05, 3.63) is 22.4 Å². The normalized spacial score (nSPS) is 11.9. The number of urea groups is 1. The van der Waals surface area contributed by atoms with E-state index in [0.717, 1.165) is 4.88 Å². The number of thiophene rings is 1. The highest BCUT2D eigenvalue weighted by Crippen LogP contribution is 2.10. The van der Waals surface area contributed by atoms with Crippen molar-refractivity contribution in [2.75, 3.05) is 13.7 Å². The Balaban J connectivity index is 2.49. The number of aliphatic hydroxyl groups is 1. The molecule has 0 bridgehead atoms. The number of hydrogen-bond acceptors (Lipinski definition) is 4. The average molecular weight is 258 g/mol. The first-order valence-corrected chi connectivity index (χ1v) is 5.80. The number of nitrogens with one attached hydrogen (secondary N) is 1. The second-order valence-electron chi connectivity index (χ2n) is 3.46. The molecule has 0 unspecified atom stereocenters. The fourth-order valence-corrected chi connectivity index (χ4v) is 1.91. The van der Waals surface area contributed by atoms with E-state index in [1.54, 1.807) is 7.05 Å². The second kappa shape index (κ2) is 6.21. The minimum atomic E-state index is -1.27. The molecule has 1 atom stereocenters. The van der Waals surface area contributed by atoms with Crippen molar-refractivity contribution in [1.82, 2.24) is 10.2 Å². The minimum absolute atomic E-state index is 0.404. The summed E-state index contributed by atoms with van der Waals surface area (Å²) in [5.74, 6) is -1.26. The molecule has 6 nitrogen and oxygen atoms in total. The van der Waals surface area contributed by atoms with E-state index in [4.69, 9.17) is 10.2 Å².